The van der Waals surface area contributed by atoms with Crippen molar-refractivity contribution >= 4 is 23.2 Å². The highest BCUT2D eigenvalue weighted by Crippen LogP contribution is 2.17. The van der Waals surface area contributed by atoms with Gasteiger partial charge in [-0.3, -0.25) is 0 Å². The lowest BCUT2D eigenvalue weighted by Gasteiger charge is -2.11. The molecular weight excluding hydrogens is 298 g/mol. The quantitative estimate of drug-likeness (QED) is 0.646. The number of hydrogen-bond acceptors (Lipinski definition) is 2. The molecule has 0 atom stereocenters. The van der Waals surface area contributed by atoms with Crippen LogP contribution in [0.15, 0.2) is 53.5 Å². The van der Waals surface area contributed by atoms with E-state index in [0.29, 0.717) is 17.5 Å². The number of nitrogens with one attached hydrogen (secondary N) is 1. The van der Waals surface area contributed by atoms with Gasteiger partial charge in [-0.1, -0.05) is 29.8 Å². The molecule has 0 radical (unpaired) electrons. The third kappa shape index (κ3) is 4.97. The maximum absolute atomic E-state index is 6.08. The van der Waals surface area contributed by atoms with E-state index in [1.165, 1.54) is 0 Å². The third-order valence-electron chi connectivity index (χ3n) is 2.88. The number of guanidine groups is 1. The summed E-state index contributed by atoms with van der Waals surface area (Å²) in [5.74, 6) is 1.17. The van der Waals surface area contributed by atoms with E-state index in [4.69, 9.17) is 22.1 Å². The van der Waals surface area contributed by atoms with Gasteiger partial charge in [-0.05, 0) is 49.7 Å². The fourth-order valence-corrected chi connectivity index (χ4v) is 2.07. The van der Waals surface area contributed by atoms with Gasteiger partial charge in [-0.15, -0.1) is 0 Å². The number of anilines is 1. The fraction of sp³-hybridized carbons (Fsp3) is 0.235. The summed E-state index contributed by atoms with van der Waals surface area (Å²) in [5.41, 5.74) is 7.68. The molecule has 0 saturated carbocycles. The highest BCUT2D eigenvalue weighted by Gasteiger charge is 2.00. The van der Waals surface area contributed by atoms with E-state index in [2.05, 4.69) is 10.3 Å². The first-order valence-corrected chi connectivity index (χ1v) is 7.49. The van der Waals surface area contributed by atoms with Crippen LogP contribution in [-0.2, 0) is 6.54 Å². The maximum atomic E-state index is 6.08. The summed E-state index contributed by atoms with van der Waals surface area (Å²) >= 11 is 6.08. The second-order valence-electron chi connectivity index (χ2n) is 5.11. The molecule has 22 heavy (non-hydrogen) atoms. The Morgan fingerprint density at radius 2 is 1.86 bits per heavy atom. The van der Waals surface area contributed by atoms with E-state index in [1.807, 2.05) is 62.4 Å². The van der Waals surface area contributed by atoms with Crippen LogP contribution in [0.25, 0.3) is 0 Å². The van der Waals surface area contributed by atoms with Crippen LogP contribution in [0.1, 0.15) is 19.4 Å². The molecule has 0 aliphatic carbocycles. The van der Waals surface area contributed by atoms with E-state index in [9.17, 15) is 0 Å². The Hall–Kier alpha value is -2.20. The molecule has 0 spiro atoms. The maximum Gasteiger partial charge on any atom is 0.193 e. The van der Waals surface area contributed by atoms with Crippen molar-refractivity contribution in [3.63, 3.8) is 0 Å². The van der Waals surface area contributed by atoms with Crippen molar-refractivity contribution in [2.24, 2.45) is 10.7 Å². The number of aliphatic imine (C=N–C) groups is 1. The predicted octanol–water partition coefficient (Wildman–Crippen LogP) is 4.05. The molecule has 0 heterocycles. The number of ether oxygens (including phenoxy) is 1. The van der Waals surface area contributed by atoms with Gasteiger partial charge in [0, 0.05) is 10.7 Å². The minimum absolute atomic E-state index is 0.154. The van der Waals surface area contributed by atoms with Gasteiger partial charge in [0.25, 0.3) is 0 Å². The van der Waals surface area contributed by atoms with Crippen molar-refractivity contribution in [3.05, 3.63) is 59.1 Å². The average Bonchev–Trinajstić information content (AvgIpc) is 2.48. The minimum atomic E-state index is 0.154. The summed E-state index contributed by atoms with van der Waals surface area (Å²) in [6.45, 7) is 4.42. The monoisotopic (exact) mass is 317 g/mol. The Morgan fingerprint density at radius 3 is 2.50 bits per heavy atom. The number of nitrogens with zero attached hydrogens (tertiary/aromatic N) is 1. The lowest BCUT2D eigenvalue weighted by molar-refractivity contribution is 0.242. The first-order valence-electron chi connectivity index (χ1n) is 7.11. The highest BCUT2D eigenvalue weighted by molar-refractivity contribution is 6.31. The van der Waals surface area contributed by atoms with Gasteiger partial charge in [0.05, 0.1) is 12.6 Å². The first kappa shape index (κ1) is 16.2. The molecule has 0 fully saturated rings. The fourth-order valence-electron chi connectivity index (χ4n) is 1.87. The number of rotatable bonds is 5. The second-order valence-corrected chi connectivity index (χ2v) is 5.52. The molecule has 0 aliphatic heterocycles. The van der Waals surface area contributed by atoms with Crippen LogP contribution in [0.2, 0.25) is 5.02 Å². The van der Waals surface area contributed by atoms with E-state index >= 15 is 0 Å². The average molecular weight is 318 g/mol. The zero-order chi connectivity index (χ0) is 15.9. The molecule has 4 nitrogen and oxygen atoms in total. The standard InChI is InChI=1S/C17H20ClN3O/c1-12(2)22-15-9-7-14(8-10-15)21-17(19)20-11-13-5-3-4-6-16(13)18/h3-10,12H,11H2,1-2H3,(H3,19,20,21). The number of hydrogen-bond donors (Lipinski definition) is 2. The Balaban J connectivity index is 1.95. The van der Waals surface area contributed by atoms with E-state index in [1.54, 1.807) is 0 Å². The molecule has 116 valence electrons. The third-order valence-corrected chi connectivity index (χ3v) is 3.24. The second kappa shape index (κ2) is 7.71. The number of halogens is 1. The molecule has 0 saturated heterocycles. The normalized spacial score (nSPS) is 11.5. The van der Waals surface area contributed by atoms with Crippen molar-refractivity contribution < 1.29 is 4.74 Å². The van der Waals surface area contributed by atoms with Crippen LogP contribution < -0.4 is 15.8 Å². The lowest BCUT2D eigenvalue weighted by Crippen LogP contribution is -2.22. The topological polar surface area (TPSA) is 59.6 Å². The molecular formula is C17H20ClN3O. The number of nitrogens with two attached hydrogens (primary N) is 1. The Labute approximate surface area is 136 Å². The van der Waals surface area contributed by atoms with Gasteiger partial charge >= 0.3 is 0 Å². The smallest absolute Gasteiger partial charge is 0.193 e. The summed E-state index contributed by atoms with van der Waals surface area (Å²) < 4.78 is 5.59. The van der Waals surface area contributed by atoms with E-state index in [0.717, 1.165) is 17.0 Å². The first-order chi connectivity index (χ1) is 10.5. The van der Waals surface area contributed by atoms with Crippen LogP contribution in [-0.4, -0.2) is 12.1 Å². The van der Waals surface area contributed by atoms with E-state index in [-0.39, 0.29) is 6.10 Å². The lowest BCUT2D eigenvalue weighted by atomic mass is 10.2. The van der Waals surface area contributed by atoms with Gasteiger partial charge in [-0.2, -0.15) is 0 Å². The van der Waals surface area contributed by atoms with Crippen molar-refractivity contribution in [2.45, 2.75) is 26.5 Å². The predicted molar refractivity (Wildman–Crippen MR) is 92.6 cm³/mol. The number of benzene rings is 2. The zero-order valence-electron chi connectivity index (χ0n) is 12.7. The van der Waals surface area contributed by atoms with Gasteiger partial charge in [-0.25, -0.2) is 4.99 Å². The molecule has 0 aromatic heterocycles. The summed E-state index contributed by atoms with van der Waals surface area (Å²) in [5, 5.41) is 3.73. The minimum Gasteiger partial charge on any atom is -0.491 e. The van der Waals surface area contributed by atoms with Crippen LogP contribution in [0.3, 0.4) is 0 Å². The van der Waals surface area contributed by atoms with E-state index < -0.39 is 0 Å². The Kier molecular flexibility index (Phi) is 5.67. The van der Waals surface area contributed by atoms with Crippen LogP contribution in [0.5, 0.6) is 5.75 Å². The van der Waals surface area contributed by atoms with Crippen molar-refractivity contribution in [1.82, 2.24) is 0 Å². The van der Waals surface area contributed by atoms with Gasteiger partial charge in [0.1, 0.15) is 5.75 Å². The summed E-state index contributed by atoms with van der Waals surface area (Å²) in [4.78, 5) is 4.29. The van der Waals surface area contributed by atoms with Gasteiger partial charge < -0.3 is 15.8 Å². The van der Waals surface area contributed by atoms with Gasteiger partial charge in [0.15, 0.2) is 5.96 Å². The molecule has 0 bridgehead atoms. The summed E-state index contributed by atoms with van der Waals surface area (Å²) in [6.07, 6.45) is 0.154. The summed E-state index contributed by atoms with van der Waals surface area (Å²) in [7, 11) is 0. The van der Waals surface area contributed by atoms with Crippen LogP contribution in [0.4, 0.5) is 5.69 Å². The van der Waals surface area contributed by atoms with Crippen molar-refractivity contribution in [3.8, 4) is 5.75 Å². The van der Waals surface area contributed by atoms with Crippen molar-refractivity contribution in [1.29, 1.82) is 0 Å². The van der Waals surface area contributed by atoms with Crippen LogP contribution >= 0.6 is 11.6 Å². The SMILES string of the molecule is CC(C)Oc1ccc(NC(N)=NCc2ccccc2Cl)cc1. The molecule has 0 unspecified atom stereocenters. The summed E-state index contributed by atoms with van der Waals surface area (Å²) in [6, 6.07) is 15.2. The molecule has 2 rings (SSSR count). The Morgan fingerprint density at radius 1 is 1.18 bits per heavy atom. The largest absolute Gasteiger partial charge is 0.491 e. The highest BCUT2D eigenvalue weighted by atomic mass is 35.5. The Bertz CT molecular complexity index is 639. The van der Waals surface area contributed by atoms with Gasteiger partial charge in [0.2, 0.25) is 0 Å². The molecule has 2 aromatic rings. The zero-order valence-corrected chi connectivity index (χ0v) is 13.5. The molecule has 2 aromatic carbocycles. The molecule has 0 amide bonds. The van der Waals surface area contributed by atoms with Crippen LogP contribution in [0, 0.1) is 0 Å². The molecule has 5 heteroatoms. The van der Waals surface area contributed by atoms with Crippen molar-refractivity contribution in [2.75, 3.05) is 5.32 Å². The molecule has 3 N–H and O–H groups in total. The molecule has 0 aliphatic rings.